The van der Waals surface area contributed by atoms with E-state index in [1.165, 1.54) is 43.6 Å². The van der Waals surface area contributed by atoms with E-state index in [4.69, 9.17) is 10.5 Å². The molecular weight excluding hydrogens is 314 g/mol. The first kappa shape index (κ1) is 18.3. The van der Waals surface area contributed by atoms with Crippen molar-refractivity contribution in [1.29, 1.82) is 0 Å². The number of fused-ring (bicyclic) bond motifs is 1. The number of quaternary nitrogens is 1. The highest BCUT2D eigenvalue weighted by atomic mass is 16.5. The average Bonchev–Trinajstić information content (AvgIpc) is 2.59. The minimum Gasteiger partial charge on any atom is -0.489 e. The number of piperazine rings is 1. The molecule has 2 aliphatic rings. The standard InChI is InChI=1S/C19H34N5O/c1-24(2)13-10-22(11-14-24)8-3-6-21-7-9-23-12-15-25-19-16-17(20)4-5-18(19)23/h4-5,16,21H,3,6-15,20H2,1-2H3/q+1. The van der Waals surface area contributed by atoms with Crippen molar-refractivity contribution in [1.82, 2.24) is 10.2 Å². The number of nitrogens with two attached hydrogens (primary N) is 1. The topological polar surface area (TPSA) is 53.8 Å². The molecule has 0 aliphatic carbocycles. The van der Waals surface area contributed by atoms with Crippen molar-refractivity contribution in [2.75, 3.05) is 90.2 Å². The highest BCUT2D eigenvalue weighted by molar-refractivity contribution is 5.65. The minimum absolute atomic E-state index is 0.736. The van der Waals surface area contributed by atoms with Gasteiger partial charge in [-0.1, -0.05) is 0 Å². The van der Waals surface area contributed by atoms with Crippen molar-refractivity contribution >= 4 is 11.4 Å². The summed E-state index contributed by atoms with van der Waals surface area (Å²) in [4.78, 5) is 4.99. The van der Waals surface area contributed by atoms with Gasteiger partial charge >= 0.3 is 0 Å². The Labute approximate surface area is 152 Å². The van der Waals surface area contributed by atoms with Gasteiger partial charge in [0.25, 0.3) is 0 Å². The van der Waals surface area contributed by atoms with Gasteiger partial charge in [0.2, 0.25) is 0 Å². The second kappa shape index (κ2) is 8.25. The molecule has 1 aromatic carbocycles. The third-order valence-electron chi connectivity index (χ3n) is 5.37. The molecule has 140 valence electrons. The molecule has 0 spiro atoms. The summed E-state index contributed by atoms with van der Waals surface area (Å²) in [5.41, 5.74) is 7.77. The second-order valence-corrected chi connectivity index (χ2v) is 7.89. The molecule has 1 saturated heterocycles. The molecule has 3 rings (SSSR count). The lowest BCUT2D eigenvalue weighted by Gasteiger charge is -2.39. The van der Waals surface area contributed by atoms with Gasteiger partial charge in [-0.25, -0.2) is 0 Å². The largest absolute Gasteiger partial charge is 0.489 e. The summed E-state index contributed by atoms with van der Waals surface area (Å²) in [6.07, 6.45) is 1.23. The third kappa shape index (κ3) is 5.23. The highest BCUT2D eigenvalue weighted by Gasteiger charge is 2.23. The van der Waals surface area contributed by atoms with E-state index in [0.29, 0.717) is 0 Å². The number of nitrogens with zero attached hydrogens (tertiary/aromatic N) is 3. The van der Waals surface area contributed by atoms with E-state index in [1.54, 1.807) is 0 Å². The summed E-state index contributed by atoms with van der Waals surface area (Å²) in [7, 11) is 4.66. The van der Waals surface area contributed by atoms with Crippen LogP contribution in [0, 0.1) is 0 Å². The maximum atomic E-state index is 5.84. The number of anilines is 2. The van der Waals surface area contributed by atoms with E-state index < -0.39 is 0 Å². The van der Waals surface area contributed by atoms with Crippen LogP contribution in [-0.4, -0.2) is 89.0 Å². The van der Waals surface area contributed by atoms with Gasteiger partial charge in [-0.2, -0.15) is 0 Å². The van der Waals surface area contributed by atoms with Crippen molar-refractivity contribution in [2.24, 2.45) is 0 Å². The van der Waals surface area contributed by atoms with E-state index in [2.05, 4.69) is 35.3 Å². The predicted molar refractivity (Wildman–Crippen MR) is 104 cm³/mol. The summed E-state index contributed by atoms with van der Waals surface area (Å²) in [6.45, 7) is 11.0. The number of ether oxygens (including phenoxy) is 1. The van der Waals surface area contributed by atoms with E-state index in [9.17, 15) is 0 Å². The van der Waals surface area contributed by atoms with Gasteiger partial charge in [-0.3, -0.25) is 4.90 Å². The Balaban J connectivity index is 1.31. The summed E-state index contributed by atoms with van der Waals surface area (Å²) >= 11 is 0. The van der Waals surface area contributed by atoms with Crippen LogP contribution in [0.15, 0.2) is 18.2 Å². The van der Waals surface area contributed by atoms with Crippen LogP contribution in [0.25, 0.3) is 0 Å². The van der Waals surface area contributed by atoms with Crippen LogP contribution >= 0.6 is 0 Å². The molecule has 0 amide bonds. The molecule has 0 bridgehead atoms. The Hall–Kier alpha value is -1.50. The van der Waals surface area contributed by atoms with Gasteiger partial charge in [-0.15, -0.1) is 0 Å². The summed E-state index contributed by atoms with van der Waals surface area (Å²) in [5.74, 6) is 0.915. The molecule has 0 radical (unpaired) electrons. The van der Waals surface area contributed by atoms with E-state index in [0.717, 1.165) is 49.9 Å². The molecule has 1 fully saturated rings. The van der Waals surface area contributed by atoms with Crippen LogP contribution in [0.5, 0.6) is 5.75 Å². The monoisotopic (exact) mass is 348 g/mol. The van der Waals surface area contributed by atoms with Crippen LogP contribution in [-0.2, 0) is 0 Å². The molecule has 0 saturated carbocycles. The lowest BCUT2D eigenvalue weighted by atomic mass is 10.2. The highest BCUT2D eigenvalue weighted by Crippen LogP contribution is 2.32. The number of hydrogen-bond donors (Lipinski definition) is 2. The zero-order valence-electron chi connectivity index (χ0n) is 15.8. The zero-order valence-corrected chi connectivity index (χ0v) is 15.8. The van der Waals surface area contributed by atoms with Crippen molar-refractivity contribution in [3.05, 3.63) is 18.2 Å². The fourth-order valence-corrected chi connectivity index (χ4v) is 3.56. The third-order valence-corrected chi connectivity index (χ3v) is 5.37. The van der Waals surface area contributed by atoms with Gasteiger partial charge in [0.05, 0.1) is 39.4 Å². The van der Waals surface area contributed by atoms with Gasteiger partial charge in [0.15, 0.2) is 0 Å². The summed E-state index contributed by atoms with van der Waals surface area (Å²) < 4.78 is 6.88. The van der Waals surface area contributed by atoms with Crippen LogP contribution in [0.4, 0.5) is 11.4 Å². The zero-order chi connectivity index (χ0) is 17.7. The van der Waals surface area contributed by atoms with Crippen molar-refractivity contribution in [2.45, 2.75) is 6.42 Å². The number of hydrogen-bond acceptors (Lipinski definition) is 5. The minimum atomic E-state index is 0.736. The summed E-state index contributed by atoms with van der Waals surface area (Å²) in [6, 6.07) is 5.94. The quantitative estimate of drug-likeness (QED) is 0.434. The first-order valence-corrected chi connectivity index (χ1v) is 9.56. The molecule has 3 N–H and O–H groups in total. The number of likely N-dealkylation sites (N-methyl/N-ethyl adjacent to an activating group) is 1. The molecular formula is C19H34N5O+. The van der Waals surface area contributed by atoms with Crippen molar-refractivity contribution in [3.63, 3.8) is 0 Å². The first-order valence-electron chi connectivity index (χ1n) is 9.56. The molecule has 0 atom stereocenters. The number of benzene rings is 1. The van der Waals surface area contributed by atoms with E-state index >= 15 is 0 Å². The van der Waals surface area contributed by atoms with Crippen LogP contribution in [0.2, 0.25) is 0 Å². The SMILES string of the molecule is C[N+]1(C)CCN(CCCNCCN2CCOc3cc(N)ccc32)CC1. The fraction of sp³-hybridized carbons (Fsp3) is 0.684. The Kier molecular flexibility index (Phi) is 6.04. The fourth-order valence-electron chi connectivity index (χ4n) is 3.56. The molecule has 6 heteroatoms. The molecule has 0 aromatic heterocycles. The van der Waals surface area contributed by atoms with Gasteiger partial charge in [-0.05, 0) is 31.6 Å². The van der Waals surface area contributed by atoms with E-state index in [1.807, 2.05) is 12.1 Å². The Morgan fingerprint density at radius 2 is 1.92 bits per heavy atom. The van der Waals surface area contributed by atoms with Crippen LogP contribution in [0.3, 0.4) is 0 Å². The smallest absolute Gasteiger partial charge is 0.144 e. The van der Waals surface area contributed by atoms with Gasteiger partial charge in [0.1, 0.15) is 12.4 Å². The number of nitrogens with one attached hydrogen (secondary N) is 1. The van der Waals surface area contributed by atoms with Crippen LogP contribution in [0.1, 0.15) is 6.42 Å². The molecule has 2 heterocycles. The van der Waals surface area contributed by atoms with Crippen molar-refractivity contribution in [3.8, 4) is 5.75 Å². The maximum absolute atomic E-state index is 5.84. The van der Waals surface area contributed by atoms with Gasteiger partial charge < -0.3 is 25.2 Å². The second-order valence-electron chi connectivity index (χ2n) is 7.89. The Morgan fingerprint density at radius 1 is 1.12 bits per heavy atom. The molecule has 2 aliphatic heterocycles. The Morgan fingerprint density at radius 3 is 2.72 bits per heavy atom. The van der Waals surface area contributed by atoms with Gasteiger partial charge in [0, 0.05) is 37.9 Å². The maximum Gasteiger partial charge on any atom is 0.144 e. The van der Waals surface area contributed by atoms with Crippen molar-refractivity contribution < 1.29 is 9.22 Å². The molecule has 6 nitrogen and oxygen atoms in total. The number of nitrogen functional groups attached to an aromatic ring is 1. The summed E-state index contributed by atoms with van der Waals surface area (Å²) in [5, 5.41) is 3.59. The molecule has 25 heavy (non-hydrogen) atoms. The first-order chi connectivity index (χ1) is 12.0. The molecule has 1 aromatic rings. The Bertz CT molecular complexity index is 553. The van der Waals surface area contributed by atoms with E-state index in [-0.39, 0.29) is 0 Å². The average molecular weight is 349 g/mol. The predicted octanol–water partition coefficient (Wildman–Crippen LogP) is 0.839. The lowest BCUT2D eigenvalue weighted by molar-refractivity contribution is -0.894. The molecule has 0 unspecified atom stereocenters. The lowest BCUT2D eigenvalue weighted by Crippen LogP contribution is -2.54. The normalized spacial score (nSPS) is 20.2. The number of rotatable bonds is 7. The van der Waals surface area contributed by atoms with Crippen LogP contribution < -0.4 is 20.7 Å².